The number of aromatic hydroxyl groups is 1. The highest BCUT2D eigenvalue weighted by Crippen LogP contribution is 2.29. The topological polar surface area (TPSA) is 32.3 Å². The molecule has 0 atom stereocenters. The first-order chi connectivity index (χ1) is 8.42. The highest BCUT2D eigenvalue weighted by atomic mass is 35.6. The molecule has 0 aliphatic rings. The molecule has 5 heteroatoms. The third-order valence-electron chi connectivity index (χ3n) is 2.32. The highest BCUT2D eigenvalue weighted by molar-refractivity contribution is 6.69. The summed E-state index contributed by atoms with van der Waals surface area (Å²) in [4.78, 5) is 0. The van der Waals surface area contributed by atoms with Gasteiger partial charge in [0.05, 0.1) is 0 Å². The van der Waals surface area contributed by atoms with Crippen LogP contribution in [-0.2, 0) is 6.54 Å². The Bertz CT molecular complexity index is 413. The quantitative estimate of drug-likeness (QED) is 0.629. The smallest absolute Gasteiger partial charge is 0.209 e. The van der Waals surface area contributed by atoms with E-state index in [1.165, 1.54) is 6.08 Å². The maximum Gasteiger partial charge on any atom is 0.209 e. The molecule has 18 heavy (non-hydrogen) atoms. The number of phenolic OH excluding ortho intramolecular Hbond substituents is 1. The van der Waals surface area contributed by atoms with Crippen molar-refractivity contribution < 1.29 is 5.11 Å². The van der Waals surface area contributed by atoms with Gasteiger partial charge in [0.2, 0.25) is 3.79 Å². The molecule has 0 spiro atoms. The molecule has 1 aromatic carbocycles. The van der Waals surface area contributed by atoms with Crippen LogP contribution in [-0.4, -0.2) is 15.4 Å². The Balaban J connectivity index is 2.70. The van der Waals surface area contributed by atoms with Gasteiger partial charge in [-0.2, -0.15) is 0 Å². The molecule has 0 saturated heterocycles. The van der Waals surface area contributed by atoms with Crippen molar-refractivity contribution in [3.8, 4) is 5.75 Å². The fourth-order valence-corrected chi connectivity index (χ4v) is 1.61. The summed E-state index contributed by atoms with van der Waals surface area (Å²) in [5.41, 5.74) is 1.65. The third kappa shape index (κ3) is 5.96. The van der Waals surface area contributed by atoms with E-state index < -0.39 is 3.79 Å². The van der Waals surface area contributed by atoms with Gasteiger partial charge in [0, 0.05) is 12.1 Å². The molecule has 0 aromatic heterocycles. The summed E-state index contributed by atoms with van der Waals surface area (Å²) in [6, 6.07) is 5.38. The van der Waals surface area contributed by atoms with Gasteiger partial charge in [-0.3, -0.25) is 0 Å². The molecule has 0 amide bonds. The number of allylic oxidation sites excluding steroid dienone is 1. The predicted molar refractivity (Wildman–Crippen MR) is 79.4 cm³/mol. The lowest BCUT2D eigenvalue weighted by molar-refractivity contribution is 0.464. The zero-order valence-electron chi connectivity index (χ0n) is 10.1. The van der Waals surface area contributed by atoms with Gasteiger partial charge in [-0.05, 0) is 30.7 Å². The summed E-state index contributed by atoms with van der Waals surface area (Å²) in [5.74, 6) is 0.241. The van der Waals surface area contributed by atoms with Gasteiger partial charge in [-0.25, -0.2) is 0 Å². The fraction of sp³-hybridized carbons (Fsp3) is 0.385. The van der Waals surface area contributed by atoms with Crippen LogP contribution in [0.2, 0.25) is 0 Å². The lowest BCUT2D eigenvalue weighted by atomic mass is 10.1. The summed E-state index contributed by atoms with van der Waals surface area (Å²) in [7, 11) is 0. The lowest BCUT2D eigenvalue weighted by Gasteiger charge is -2.07. The zero-order valence-corrected chi connectivity index (χ0v) is 12.4. The van der Waals surface area contributed by atoms with Gasteiger partial charge in [0.25, 0.3) is 0 Å². The summed E-state index contributed by atoms with van der Waals surface area (Å²) in [5, 5.41) is 13.1. The van der Waals surface area contributed by atoms with Gasteiger partial charge in [-0.15, -0.1) is 0 Å². The largest absolute Gasteiger partial charge is 0.508 e. The molecule has 1 rings (SSSR count). The van der Waals surface area contributed by atoms with E-state index in [1.54, 1.807) is 12.1 Å². The fourth-order valence-electron chi connectivity index (χ4n) is 1.42. The Morgan fingerprint density at radius 2 is 2.06 bits per heavy atom. The molecule has 0 aliphatic carbocycles. The predicted octanol–water partition coefficient (Wildman–Crippen LogP) is 4.28. The maximum absolute atomic E-state index is 9.85. The van der Waals surface area contributed by atoms with E-state index in [2.05, 4.69) is 12.2 Å². The molecule has 0 bridgehead atoms. The molecule has 0 heterocycles. The number of hydrogen-bond donors (Lipinski definition) is 2. The highest BCUT2D eigenvalue weighted by Gasteiger charge is 2.13. The molecule has 2 N–H and O–H groups in total. The molecule has 0 fully saturated rings. The van der Waals surface area contributed by atoms with E-state index in [0.717, 1.165) is 24.1 Å². The maximum atomic E-state index is 9.85. The average molecular weight is 309 g/mol. The van der Waals surface area contributed by atoms with Crippen LogP contribution in [0.3, 0.4) is 0 Å². The minimum atomic E-state index is -1.42. The minimum Gasteiger partial charge on any atom is -0.508 e. The summed E-state index contributed by atoms with van der Waals surface area (Å²) >= 11 is 16.8. The number of rotatable bonds is 5. The average Bonchev–Trinajstić information content (AvgIpc) is 2.28. The van der Waals surface area contributed by atoms with Crippen LogP contribution in [0.4, 0.5) is 0 Å². The summed E-state index contributed by atoms with van der Waals surface area (Å²) < 4.78 is -1.42. The monoisotopic (exact) mass is 307 g/mol. The first-order valence-electron chi connectivity index (χ1n) is 5.71. The molecule has 0 radical (unpaired) electrons. The standard InChI is InChI=1S/C13H16Cl3NO/c1-2-7-17-9-11-4-3-10(8-12(11)18)5-6-13(14,15)16/h3-6,8,17-18H,2,7,9H2,1H3. The molecule has 0 unspecified atom stereocenters. The molecular weight excluding hydrogens is 293 g/mol. The number of hydrogen-bond acceptors (Lipinski definition) is 2. The Hall–Kier alpha value is -0.410. The zero-order chi connectivity index (χ0) is 13.6. The second kappa shape index (κ2) is 7.25. The molecule has 1 aromatic rings. The van der Waals surface area contributed by atoms with Crippen molar-refractivity contribution >= 4 is 40.9 Å². The SMILES string of the molecule is CCCNCc1ccc(C=CC(Cl)(Cl)Cl)cc1O. The van der Waals surface area contributed by atoms with Crippen molar-refractivity contribution in [2.24, 2.45) is 0 Å². The van der Waals surface area contributed by atoms with E-state index in [-0.39, 0.29) is 5.75 Å². The van der Waals surface area contributed by atoms with E-state index in [0.29, 0.717) is 6.54 Å². The minimum absolute atomic E-state index is 0.241. The van der Waals surface area contributed by atoms with Crippen LogP contribution in [0.25, 0.3) is 6.08 Å². The van der Waals surface area contributed by atoms with Crippen molar-refractivity contribution in [2.45, 2.75) is 23.7 Å². The number of nitrogens with one attached hydrogen (secondary N) is 1. The van der Waals surface area contributed by atoms with Crippen LogP contribution in [0, 0.1) is 0 Å². The van der Waals surface area contributed by atoms with Gasteiger partial charge < -0.3 is 10.4 Å². The Morgan fingerprint density at radius 3 is 2.61 bits per heavy atom. The molecular formula is C13H16Cl3NO. The van der Waals surface area contributed by atoms with Crippen molar-refractivity contribution in [1.82, 2.24) is 5.32 Å². The van der Waals surface area contributed by atoms with Crippen molar-refractivity contribution in [2.75, 3.05) is 6.54 Å². The van der Waals surface area contributed by atoms with Crippen LogP contribution in [0.1, 0.15) is 24.5 Å². The van der Waals surface area contributed by atoms with E-state index >= 15 is 0 Å². The van der Waals surface area contributed by atoms with Crippen LogP contribution in [0.15, 0.2) is 24.3 Å². The molecule has 100 valence electrons. The number of halogens is 3. The molecule has 2 nitrogen and oxygen atoms in total. The molecule has 0 aliphatic heterocycles. The second-order valence-corrected chi connectivity index (χ2v) is 6.31. The first-order valence-corrected chi connectivity index (χ1v) is 6.84. The Morgan fingerprint density at radius 1 is 1.33 bits per heavy atom. The van der Waals surface area contributed by atoms with Gasteiger partial charge in [0.1, 0.15) is 5.75 Å². The van der Waals surface area contributed by atoms with Gasteiger partial charge in [-0.1, -0.05) is 59.9 Å². The Labute approximate surface area is 123 Å². The number of alkyl halides is 3. The number of benzene rings is 1. The summed E-state index contributed by atoms with van der Waals surface area (Å²) in [6.07, 6.45) is 4.17. The van der Waals surface area contributed by atoms with Crippen molar-refractivity contribution in [3.63, 3.8) is 0 Å². The van der Waals surface area contributed by atoms with E-state index in [4.69, 9.17) is 34.8 Å². The molecule has 0 saturated carbocycles. The Kier molecular flexibility index (Phi) is 6.30. The normalized spacial score (nSPS) is 12.2. The van der Waals surface area contributed by atoms with Crippen LogP contribution < -0.4 is 5.32 Å². The van der Waals surface area contributed by atoms with Crippen LogP contribution >= 0.6 is 34.8 Å². The second-order valence-electron chi connectivity index (χ2n) is 3.94. The van der Waals surface area contributed by atoms with Gasteiger partial charge in [0.15, 0.2) is 0 Å². The van der Waals surface area contributed by atoms with E-state index in [9.17, 15) is 5.11 Å². The first kappa shape index (κ1) is 15.6. The van der Waals surface area contributed by atoms with Gasteiger partial charge >= 0.3 is 0 Å². The lowest BCUT2D eigenvalue weighted by Crippen LogP contribution is -2.13. The van der Waals surface area contributed by atoms with E-state index in [1.807, 2.05) is 12.1 Å². The third-order valence-corrected chi connectivity index (χ3v) is 2.69. The van der Waals surface area contributed by atoms with Crippen LogP contribution in [0.5, 0.6) is 5.75 Å². The number of phenols is 1. The van der Waals surface area contributed by atoms with Crippen molar-refractivity contribution in [1.29, 1.82) is 0 Å². The summed E-state index contributed by atoms with van der Waals surface area (Å²) in [6.45, 7) is 3.67. The van der Waals surface area contributed by atoms with Crippen molar-refractivity contribution in [3.05, 3.63) is 35.4 Å².